The molecule has 2 nitrogen and oxygen atoms in total. The lowest BCUT2D eigenvalue weighted by molar-refractivity contribution is 0.104. The molecule has 0 atom stereocenters. The van der Waals surface area contributed by atoms with Crippen molar-refractivity contribution < 1.29 is 18.3 Å². The fraction of sp³-hybridized carbons (Fsp3) is 0.182. The van der Waals surface area contributed by atoms with E-state index in [-0.39, 0.29) is 11.3 Å². The first-order valence-electron chi connectivity index (χ1n) is 4.30. The Balaban J connectivity index is 3.27. The zero-order valence-corrected chi connectivity index (χ0v) is 8.38. The third-order valence-electron chi connectivity index (χ3n) is 1.83. The Hall–Kier alpha value is -1.71. The average Bonchev–Trinajstić information content (AvgIpc) is 2.21. The number of hydrogen-bond acceptors (Lipinski definition) is 2. The summed E-state index contributed by atoms with van der Waals surface area (Å²) in [7, 11) is 1.29. The number of carbonyl (C=O) groups excluding carboxylic acids is 1. The molecule has 0 bridgehead atoms. The highest BCUT2D eigenvalue weighted by Gasteiger charge is 2.14. The largest absolute Gasteiger partial charge is 0.496 e. The van der Waals surface area contributed by atoms with Crippen LogP contribution in [0.5, 0.6) is 5.75 Å². The van der Waals surface area contributed by atoms with Gasteiger partial charge in [-0.15, -0.1) is 0 Å². The molecule has 0 unspecified atom stereocenters. The highest BCUT2D eigenvalue weighted by atomic mass is 19.2. The van der Waals surface area contributed by atoms with E-state index in [0.29, 0.717) is 0 Å². The SMILES string of the molecule is CC=CC(=O)c1cc(F)c(F)cc1OC. The molecule has 1 aromatic rings. The van der Waals surface area contributed by atoms with Gasteiger partial charge in [0.05, 0.1) is 12.7 Å². The fourth-order valence-corrected chi connectivity index (χ4v) is 1.13. The summed E-state index contributed by atoms with van der Waals surface area (Å²) in [4.78, 5) is 11.4. The van der Waals surface area contributed by atoms with Crippen molar-refractivity contribution in [3.63, 3.8) is 0 Å². The summed E-state index contributed by atoms with van der Waals surface area (Å²) in [5.74, 6) is -2.50. The van der Waals surface area contributed by atoms with Crippen LogP contribution >= 0.6 is 0 Å². The molecule has 0 aromatic heterocycles. The van der Waals surface area contributed by atoms with Gasteiger partial charge in [-0.25, -0.2) is 8.78 Å². The number of benzene rings is 1. The smallest absolute Gasteiger partial charge is 0.189 e. The predicted octanol–water partition coefficient (Wildman–Crippen LogP) is 2.73. The van der Waals surface area contributed by atoms with Crippen molar-refractivity contribution in [2.75, 3.05) is 7.11 Å². The van der Waals surface area contributed by atoms with Gasteiger partial charge in [0.2, 0.25) is 0 Å². The maximum Gasteiger partial charge on any atom is 0.189 e. The lowest BCUT2D eigenvalue weighted by Crippen LogP contribution is -2.01. The van der Waals surface area contributed by atoms with Gasteiger partial charge in [-0.2, -0.15) is 0 Å². The van der Waals surface area contributed by atoms with Crippen molar-refractivity contribution in [1.82, 2.24) is 0 Å². The molecule has 1 aromatic carbocycles. The molecule has 0 saturated heterocycles. The summed E-state index contributed by atoms with van der Waals surface area (Å²) in [5, 5.41) is 0. The summed E-state index contributed by atoms with van der Waals surface area (Å²) in [6.45, 7) is 1.66. The molecule has 0 heterocycles. The topological polar surface area (TPSA) is 26.3 Å². The Morgan fingerprint density at radius 3 is 2.47 bits per heavy atom. The van der Waals surface area contributed by atoms with E-state index in [9.17, 15) is 13.6 Å². The van der Waals surface area contributed by atoms with E-state index in [2.05, 4.69) is 0 Å². The molecule has 0 spiro atoms. The van der Waals surface area contributed by atoms with E-state index < -0.39 is 17.4 Å². The Labute approximate surface area is 86.2 Å². The summed E-state index contributed by atoms with van der Waals surface area (Å²) in [6.07, 6.45) is 2.78. The summed E-state index contributed by atoms with van der Waals surface area (Å²) < 4.78 is 30.5. The van der Waals surface area contributed by atoms with Crippen molar-refractivity contribution in [2.24, 2.45) is 0 Å². The van der Waals surface area contributed by atoms with Gasteiger partial charge >= 0.3 is 0 Å². The van der Waals surface area contributed by atoms with Crippen molar-refractivity contribution in [3.05, 3.63) is 41.5 Å². The van der Waals surface area contributed by atoms with Crippen molar-refractivity contribution >= 4 is 5.78 Å². The number of allylic oxidation sites excluding steroid dienone is 2. The van der Waals surface area contributed by atoms with Crippen LogP contribution in [0, 0.1) is 11.6 Å². The van der Waals surface area contributed by atoms with Gasteiger partial charge in [0.25, 0.3) is 0 Å². The number of ether oxygens (including phenoxy) is 1. The average molecular weight is 212 g/mol. The van der Waals surface area contributed by atoms with Crippen LogP contribution in [0.25, 0.3) is 0 Å². The summed E-state index contributed by atoms with van der Waals surface area (Å²) in [5.41, 5.74) is 0.00880. The number of ketones is 1. The molecule has 0 fully saturated rings. The second-order valence-corrected chi connectivity index (χ2v) is 2.83. The van der Waals surface area contributed by atoms with E-state index in [1.165, 1.54) is 19.3 Å². The zero-order chi connectivity index (χ0) is 11.4. The van der Waals surface area contributed by atoms with E-state index in [1.807, 2.05) is 0 Å². The normalized spacial score (nSPS) is 10.7. The molecule has 15 heavy (non-hydrogen) atoms. The minimum absolute atomic E-state index is 0.00880. The lowest BCUT2D eigenvalue weighted by atomic mass is 10.1. The van der Waals surface area contributed by atoms with Crippen LogP contribution in [0.4, 0.5) is 8.78 Å². The first-order valence-corrected chi connectivity index (χ1v) is 4.30. The molecule has 4 heteroatoms. The minimum Gasteiger partial charge on any atom is -0.496 e. The van der Waals surface area contributed by atoms with Gasteiger partial charge in [-0.3, -0.25) is 4.79 Å². The van der Waals surface area contributed by atoms with E-state index in [0.717, 1.165) is 12.1 Å². The van der Waals surface area contributed by atoms with Crippen molar-refractivity contribution in [1.29, 1.82) is 0 Å². The monoisotopic (exact) mass is 212 g/mol. The molecule has 1 rings (SSSR count). The Morgan fingerprint density at radius 2 is 1.93 bits per heavy atom. The first-order chi connectivity index (χ1) is 7.10. The third-order valence-corrected chi connectivity index (χ3v) is 1.83. The number of methoxy groups -OCH3 is 1. The summed E-state index contributed by atoms with van der Waals surface area (Å²) in [6, 6.07) is 1.68. The van der Waals surface area contributed by atoms with Crippen LogP contribution < -0.4 is 4.74 Å². The highest BCUT2D eigenvalue weighted by molar-refractivity contribution is 6.06. The highest BCUT2D eigenvalue weighted by Crippen LogP contribution is 2.22. The maximum atomic E-state index is 12.9. The number of carbonyl (C=O) groups is 1. The van der Waals surface area contributed by atoms with Crippen molar-refractivity contribution in [2.45, 2.75) is 6.92 Å². The van der Waals surface area contributed by atoms with Crippen LogP contribution in [0.1, 0.15) is 17.3 Å². The molecule has 0 amide bonds. The zero-order valence-electron chi connectivity index (χ0n) is 8.38. The van der Waals surface area contributed by atoms with Crippen LogP contribution in [0.15, 0.2) is 24.3 Å². The first kappa shape index (κ1) is 11.4. The second-order valence-electron chi connectivity index (χ2n) is 2.83. The molecule has 0 radical (unpaired) electrons. The quantitative estimate of drug-likeness (QED) is 0.568. The fourth-order valence-electron chi connectivity index (χ4n) is 1.13. The predicted molar refractivity (Wildman–Crippen MR) is 52.1 cm³/mol. The molecule has 0 N–H and O–H groups in total. The van der Waals surface area contributed by atoms with Crippen LogP contribution in [-0.2, 0) is 0 Å². The van der Waals surface area contributed by atoms with Crippen LogP contribution in [-0.4, -0.2) is 12.9 Å². The molecule has 0 aliphatic heterocycles. The molecular weight excluding hydrogens is 202 g/mol. The van der Waals surface area contributed by atoms with Crippen LogP contribution in [0.3, 0.4) is 0 Å². The Kier molecular flexibility index (Phi) is 3.55. The van der Waals surface area contributed by atoms with Gasteiger partial charge in [0, 0.05) is 6.07 Å². The second kappa shape index (κ2) is 4.68. The van der Waals surface area contributed by atoms with Crippen LogP contribution in [0.2, 0.25) is 0 Å². The van der Waals surface area contributed by atoms with Gasteiger partial charge in [-0.1, -0.05) is 6.08 Å². The molecule has 0 aliphatic rings. The standard InChI is InChI=1S/C11H10F2O2/c1-3-4-10(14)7-5-8(12)9(13)6-11(7)15-2/h3-6H,1-2H3. The number of halogens is 2. The molecule has 0 saturated carbocycles. The van der Waals surface area contributed by atoms with Gasteiger partial charge in [0.15, 0.2) is 17.4 Å². The number of rotatable bonds is 3. The molecule has 0 aliphatic carbocycles. The number of hydrogen-bond donors (Lipinski definition) is 0. The third kappa shape index (κ3) is 2.40. The Bertz CT molecular complexity index is 411. The van der Waals surface area contributed by atoms with E-state index in [1.54, 1.807) is 6.92 Å². The van der Waals surface area contributed by atoms with E-state index in [4.69, 9.17) is 4.74 Å². The Morgan fingerprint density at radius 1 is 1.33 bits per heavy atom. The van der Waals surface area contributed by atoms with Crippen molar-refractivity contribution in [3.8, 4) is 5.75 Å². The molecular formula is C11H10F2O2. The lowest BCUT2D eigenvalue weighted by Gasteiger charge is -2.06. The molecule has 80 valence electrons. The van der Waals surface area contributed by atoms with E-state index >= 15 is 0 Å². The maximum absolute atomic E-state index is 12.9. The van der Waals surface area contributed by atoms with Gasteiger partial charge < -0.3 is 4.74 Å². The van der Waals surface area contributed by atoms with Gasteiger partial charge in [0.1, 0.15) is 5.75 Å². The minimum atomic E-state index is -1.07. The van der Waals surface area contributed by atoms with Gasteiger partial charge in [-0.05, 0) is 19.1 Å². The summed E-state index contributed by atoms with van der Waals surface area (Å²) >= 11 is 0.